The molecule has 1 aliphatic heterocycles. The molecule has 1 fully saturated rings. The monoisotopic (exact) mass is 564 g/mol. The predicted molar refractivity (Wildman–Crippen MR) is 131 cm³/mol. The molecule has 14 heteroatoms. The zero-order valence-electron chi connectivity index (χ0n) is 22.3. The predicted octanol–water partition coefficient (Wildman–Crippen LogP) is 0.970. The second-order valence-corrected chi connectivity index (χ2v) is 8.69. The van der Waals surface area contributed by atoms with E-state index in [1.165, 1.54) is 31.4 Å². The third kappa shape index (κ3) is 7.79. The van der Waals surface area contributed by atoms with Crippen LogP contribution in [0.3, 0.4) is 0 Å². The van der Waals surface area contributed by atoms with Crippen LogP contribution in [0, 0.1) is 0 Å². The van der Waals surface area contributed by atoms with Crippen molar-refractivity contribution in [3.8, 4) is 5.75 Å². The molecule has 1 aliphatic rings. The Labute approximate surface area is 227 Å². The van der Waals surface area contributed by atoms with Gasteiger partial charge < -0.3 is 37.6 Å². The van der Waals surface area contributed by atoms with Gasteiger partial charge in [-0.1, -0.05) is 0 Å². The summed E-state index contributed by atoms with van der Waals surface area (Å²) in [5.74, 6) is -3.53. The average Bonchev–Trinajstić information content (AvgIpc) is 2.85. The molecule has 1 aromatic heterocycles. The Morgan fingerprint density at radius 2 is 1.45 bits per heavy atom. The highest BCUT2D eigenvalue weighted by atomic mass is 16.7. The molecule has 0 aliphatic carbocycles. The van der Waals surface area contributed by atoms with Crippen LogP contribution in [0.2, 0.25) is 0 Å². The van der Waals surface area contributed by atoms with Crippen molar-refractivity contribution >= 4 is 40.8 Å². The van der Waals surface area contributed by atoms with Gasteiger partial charge >= 0.3 is 35.5 Å². The van der Waals surface area contributed by atoms with E-state index < -0.39 is 72.8 Å². The van der Waals surface area contributed by atoms with E-state index in [-0.39, 0.29) is 17.8 Å². The number of ether oxygens (including phenoxy) is 7. The minimum Gasteiger partial charge on any atom is -0.469 e. The molecular formula is C26H28O14. The molecule has 0 saturated carbocycles. The fraction of sp³-hybridized carbons (Fsp3) is 0.462. The van der Waals surface area contributed by atoms with Crippen LogP contribution < -0.4 is 10.4 Å². The van der Waals surface area contributed by atoms with Crippen molar-refractivity contribution in [2.24, 2.45) is 0 Å². The van der Waals surface area contributed by atoms with Crippen molar-refractivity contribution in [3.05, 3.63) is 40.2 Å². The van der Waals surface area contributed by atoms with Crippen LogP contribution in [-0.4, -0.2) is 74.3 Å². The maximum absolute atomic E-state index is 12.1. The molecular weight excluding hydrogens is 536 g/mol. The Bertz CT molecular complexity index is 1340. The van der Waals surface area contributed by atoms with E-state index in [0.717, 1.165) is 27.7 Å². The highest BCUT2D eigenvalue weighted by Gasteiger charge is 2.53. The van der Waals surface area contributed by atoms with Gasteiger partial charge in [0.05, 0.1) is 13.5 Å². The minimum atomic E-state index is -1.48. The highest BCUT2D eigenvalue weighted by molar-refractivity contribution is 5.86. The van der Waals surface area contributed by atoms with E-state index in [9.17, 15) is 28.8 Å². The highest BCUT2D eigenvalue weighted by Crippen LogP contribution is 2.32. The summed E-state index contributed by atoms with van der Waals surface area (Å²) in [5, 5.41) is 0.430. The number of hydrogen-bond acceptors (Lipinski definition) is 14. The number of rotatable bonds is 9. The van der Waals surface area contributed by atoms with Gasteiger partial charge in [0.1, 0.15) is 24.0 Å². The molecule has 1 aromatic carbocycles. The second kappa shape index (κ2) is 13.1. The lowest BCUT2D eigenvalue weighted by Gasteiger charge is -2.43. The van der Waals surface area contributed by atoms with E-state index in [1.807, 2.05) is 0 Å². The summed E-state index contributed by atoms with van der Waals surface area (Å²) >= 11 is 0. The molecule has 40 heavy (non-hydrogen) atoms. The Morgan fingerprint density at radius 3 is 2.05 bits per heavy atom. The number of carbonyl (C=O) groups is 5. The molecule has 1 saturated heterocycles. The van der Waals surface area contributed by atoms with Gasteiger partial charge in [-0.3, -0.25) is 24.0 Å². The fourth-order valence-electron chi connectivity index (χ4n) is 4.08. The van der Waals surface area contributed by atoms with Crippen LogP contribution in [0.4, 0.5) is 0 Å². The number of fused-ring (bicyclic) bond motifs is 1. The smallest absolute Gasteiger partial charge is 0.336 e. The van der Waals surface area contributed by atoms with Gasteiger partial charge in [0.25, 0.3) is 0 Å². The van der Waals surface area contributed by atoms with Crippen LogP contribution in [0.15, 0.2) is 33.5 Å². The minimum absolute atomic E-state index is 0.0618. The first kappa shape index (κ1) is 30.1. The quantitative estimate of drug-likeness (QED) is 0.239. The number of esters is 5. The summed E-state index contributed by atoms with van der Waals surface area (Å²) in [4.78, 5) is 71.2. The van der Waals surface area contributed by atoms with Crippen molar-refractivity contribution in [2.75, 3.05) is 13.7 Å². The maximum atomic E-state index is 12.1. The maximum Gasteiger partial charge on any atom is 0.336 e. The summed E-state index contributed by atoms with van der Waals surface area (Å²) in [6.45, 7) is 4.02. The largest absolute Gasteiger partial charge is 0.469 e. The summed E-state index contributed by atoms with van der Waals surface area (Å²) in [7, 11) is 1.22. The van der Waals surface area contributed by atoms with Crippen LogP contribution in [0.25, 0.3) is 11.0 Å². The van der Waals surface area contributed by atoms with Gasteiger partial charge in [0, 0.05) is 45.2 Å². The fourth-order valence-corrected chi connectivity index (χ4v) is 4.08. The lowest BCUT2D eigenvalue weighted by Crippen LogP contribution is -2.63. The van der Waals surface area contributed by atoms with Crippen LogP contribution in [0.5, 0.6) is 5.75 Å². The molecule has 14 nitrogen and oxygen atoms in total. The first-order valence-electron chi connectivity index (χ1n) is 12.0. The number of carbonyl (C=O) groups excluding carboxylic acids is 5. The third-order valence-corrected chi connectivity index (χ3v) is 5.56. The zero-order chi connectivity index (χ0) is 29.6. The third-order valence-electron chi connectivity index (χ3n) is 5.56. The standard InChI is InChI=1S/C26H28O14/c1-12(27)34-11-20-23(35-13(2)28)24(36-14(3)29)25(37-15(4)30)26(40-20)38-17-6-7-18-16(8-21(31)33-5)9-22(32)39-19(18)10-17/h6-7,9-10,20,23-26H,8,11H2,1-5H3/t20?,23-,24?,25?,26+/m0/s1. The molecule has 0 N–H and O–H groups in total. The summed E-state index contributed by atoms with van der Waals surface area (Å²) < 4.78 is 42.9. The molecule has 3 unspecified atom stereocenters. The molecule has 0 radical (unpaired) electrons. The van der Waals surface area contributed by atoms with Gasteiger partial charge in [-0.15, -0.1) is 0 Å². The van der Waals surface area contributed by atoms with Crippen molar-refractivity contribution in [1.29, 1.82) is 0 Å². The second-order valence-electron chi connectivity index (χ2n) is 8.69. The molecule has 0 amide bonds. The molecule has 0 bridgehead atoms. The lowest BCUT2D eigenvalue weighted by molar-refractivity contribution is -0.288. The average molecular weight is 564 g/mol. The summed E-state index contributed by atoms with van der Waals surface area (Å²) in [6.07, 6.45) is -7.09. The SMILES string of the molecule is COC(=O)Cc1cc(=O)oc2cc(O[C@@H]3OC(COC(C)=O)[C@H](OC(C)=O)C(OC(C)=O)C3OC(C)=O)ccc12. The van der Waals surface area contributed by atoms with E-state index in [4.69, 9.17) is 32.8 Å². The van der Waals surface area contributed by atoms with E-state index in [2.05, 4.69) is 4.74 Å². The Balaban J connectivity index is 2.03. The molecule has 216 valence electrons. The van der Waals surface area contributed by atoms with Gasteiger partial charge in [-0.2, -0.15) is 0 Å². The van der Waals surface area contributed by atoms with Crippen molar-refractivity contribution < 1.29 is 61.5 Å². The lowest BCUT2D eigenvalue weighted by atomic mass is 9.98. The van der Waals surface area contributed by atoms with Crippen molar-refractivity contribution in [1.82, 2.24) is 0 Å². The van der Waals surface area contributed by atoms with Crippen LogP contribution in [0.1, 0.15) is 33.3 Å². The van der Waals surface area contributed by atoms with Crippen LogP contribution >= 0.6 is 0 Å². The molecule has 3 rings (SSSR count). The Hall–Kier alpha value is -4.46. The summed E-state index contributed by atoms with van der Waals surface area (Å²) in [5.41, 5.74) is -0.303. The first-order chi connectivity index (χ1) is 18.9. The molecule has 2 heterocycles. The molecule has 2 aromatic rings. The van der Waals surface area contributed by atoms with Crippen molar-refractivity contribution in [3.63, 3.8) is 0 Å². The summed E-state index contributed by atoms with van der Waals surface area (Å²) in [6, 6.07) is 5.50. The van der Waals surface area contributed by atoms with Gasteiger partial charge in [-0.05, 0) is 17.7 Å². The van der Waals surface area contributed by atoms with Gasteiger partial charge in [0.2, 0.25) is 12.4 Å². The number of benzene rings is 1. The Kier molecular flexibility index (Phi) is 9.82. The number of methoxy groups -OCH3 is 1. The van der Waals surface area contributed by atoms with Crippen LogP contribution in [-0.2, 0) is 58.8 Å². The molecule has 5 atom stereocenters. The first-order valence-corrected chi connectivity index (χ1v) is 12.0. The van der Waals surface area contributed by atoms with Gasteiger partial charge in [0.15, 0.2) is 12.2 Å². The normalized spacial score (nSPS) is 22.1. The topological polar surface area (TPSA) is 180 Å². The zero-order valence-corrected chi connectivity index (χ0v) is 22.3. The van der Waals surface area contributed by atoms with Crippen molar-refractivity contribution in [2.45, 2.75) is 64.8 Å². The van der Waals surface area contributed by atoms with E-state index in [1.54, 1.807) is 0 Å². The van der Waals surface area contributed by atoms with E-state index in [0.29, 0.717) is 10.9 Å². The van der Waals surface area contributed by atoms with Gasteiger partial charge in [-0.25, -0.2) is 4.79 Å². The Morgan fingerprint density at radius 1 is 0.825 bits per heavy atom. The van der Waals surface area contributed by atoms with E-state index >= 15 is 0 Å². The number of hydrogen-bond donors (Lipinski definition) is 0. The molecule has 0 spiro atoms.